The van der Waals surface area contributed by atoms with E-state index in [0.717, 1.165) is 43.8 Å². The molecule has 110 valence electrons. The summed E-state index contributed by atoms with van der Waals surface area (Å²) >= 11 is 0. The van der Waals surface area contributed by atoms with Crippen LogP contribution in [-0.2, 0) is 0 Å². The van der Waals surface area contributed by atoms with Gasteiger partial charge in [-0.25, -0.2) is 0 Å². The van der Waals surface area contributed by atoms with E-state index < -0.39 is 0 Å². The first kappa shape index (κ1) is 14.9. The minimum Gasteiger partial charge on any atom is -0.496 e. The summed E-state index contributed by atoms with van der Waals surface area (Å²) in [6.45, 7) is 6.76. The van der Waals surface area contributed by atoms with Crippen molar-refractivity contribution >= 4 is 5.91 Å². The zero-order valence-electron chi connectivity index (χ0n) is 12.6. The average Bonchev–Trinajstić information content (AvgIpc) is 2.49. The highest BCUT2D eigenvalue weighted by molar-refractivity contribution is 5.95. The SMILES string of the molecule is CCN(C(=O)c1ccc(C)c(OC)c1)C1CCNCC1. The Balaban J connectivity index is 2.19. The lowest BCUT2D eigenvalue weighted by molar-refractivity contribution is 0.0655. The summed E-state index contributed by atoms with van der Waals surface area (Å²) in [5.41, 5.74) is 1.77. The molecule has 1 aliphatic rings. The van der Waals surface area contributed by atoms with E-state index in [1.807, 2.05) is 36.9 Å². The molecular formula is C16H24N2O2. The van der Waals surface area contributed by atoms with E-state index in [9.17, 15) is 4.79 Å². The molecule has 0 atom stereocenters. The molecule has 1 aliphatic heterocycles. The standard InChI is InChI=1S/C16H24N2O2/c1-4-18(14-7-9-17-10-8-14)16(19)13-6-5-12(2)15(11-13)20-3/h5-6,11,14,17H,4,7-10H2,1-3H3. The van der Waals surface area contributed by atoms with Crippen LogP contribution in [0.15, 0.2) is 18.2 Å². The fourth-order valence-corrected chi connectivity index (χ4v) is 2.80. The Labute approximate surface area is 121 Å². The van der Waals surface area contributed by atoms with Crippen molar-refractivity contribution in [2.24, 2.45) is 0 Å². The highest BCUT2D eigenvalue weighted by atomic mass is 16.5. The number of benzene rings is 1. The first-order chi connectivity index (χ1) is 9.67. The Bertz CT molecular complexity index is 468. The van der Waals surface area contributed by atoms with Gasteiger partial charge in [-0.15, -0.1) is 0 Å². The van der Waals surface area contributed by atoms with Gasteiger partial charge in [0.15, 0.2) is 0 Å². The van der Waals surface area contributed by atoms with Gasteiger partial charge in [0.1, 0.15) is 5.75 Å². The zero-order valence-corrected chi connectivity index (χ0v) is 12.6. The number of nitrogens with zero attached hydrogens (tertiary/aromatic N) is 1. The maximum atomic E-state index is 12.7. The van der Waals surface area contributed by atoms with E-state index in [0.29, 0.717) is 11.6 Å². The Hall–Kier alpha value is -1.55. The lowest BCUT2D eigenvalue weighted by Gasteiger charge is -2.34. The maximum absolute atomic E-state index is 12.7. The van der Waals surface area contributed by atoms with Crippen LogP contribution in [0.5, 0.6) is 5.75 Å². The van der Waals surface area contributed by atoms with Crippen LogP contribution in [0.25, 0.3) is 0 Å². The van der Waals surface area contributed by atoms with Gasteiger partial charge in [-0.1, -0.05) is 6.07 Å². The number of amides is 1. The number of hydrogen-bond donors (Lipinski definition) is 1. The van der Waals surface area contributed by atoms with Crippen molar-refractivity contribution in [1.29, 1.82) is 0 Å². The van der Waals surface area contributed by atoms with E-state index in [4.69, 9.17) is 4.74 Å². The molecule has 4 heteroatoms. The van der Waals surface area contributed by atoms with Crippen LogP contribution >= 0.6 is 0 Å². The lowest BCUT2D eigenvalue weighted by atomic mass is 10.0. The quantitative estimate of drug-likeness (QED) is 0.917. The molecule has 0 radical (unpaired) electrons. The smallest absolute Gasteiger partial charge is 0.254 e. The molecule has 1 aromatic carbocycles. The summed E-state index contributed by atoms with van der Waals surface area (Å²) in [4.78, 5) is 14.7. The molecule has 1 heterocycles. The van der Waals surface area contributed by atoms with Crippen molar-refractivity contribution < 1.29 is 9.53 Å². The Morgan fingerprint density at radius 1 is 1.40 bits per heavy atom. The number of piperidine rings is 1. The second-order valence-corrected chi connectivity index (χ2v) is 5.26. The predicted molar refractivity (Wildman–Crippen MR) is 80.3 cm³/mol. The molecule has 2 rings (SSSR count). The maximum Gasteiger partial charge on any atom is 0.254 e. The van der Waals surface area contributed by atoms with Crippen LogP contribution in [0, 0.1) is 6.92 Å². The summed E-state index contributed by atoms with van der Waals surface area (Å²) < 4.78 is 5.31. The predicted octanol–water partition coefficient (Wildman–Crippen LogP) is 2.22. The zero-order chi connectivity index (χ0) is 14.5. The summed E-state index contributed by atoms with van der Waals surface area (Å²) in [5.74, 6) is 0.884. The Morgan fingerprint density at radius 2 is 2.10 bits per heavy atom. The molecule has 1 fully saturated rings. The van der Waals surface area contributed by atoms with Gasteiger partial charge < -0.3 is 15.0 Å². The van der Waals surface area contributed by atoms with Gasteiger partial charge in [-0.05, 0) is 57.5 Å². The van der Waals surface area contributed by atoms with Crippen LogP contribution in [0.1, 0.15) is 35.7 Å². The summed E-state index contributed by atoms with van der Waals surface area (Å²) in [6, 6.07) is 6.04. The summed E-state index contributed by atoms with van der Waals surface area (Å²) in [7, 11) is 1.64. The van der Waals surface area contributed by atoms with Crippen LogP contribution in [0.2, 0.25) is 0 Å². The van der Waals surface area contributed by atoms with E-state index in [1.54, 1.807) is 7.11 Å². The number of hydrogen-bond acceptors (Lipinski definition) is 3. The Morgan fingerprint density at radius 3 is 2.70 bits per heavy atom. The van der Waals surface area contributed by atoms with Crippen molar-refractivity contribution in [2.75, 3.05) is 26.7 Å². The van der Waals surface area contributed by atoms with E-state index >= 15 is 0 Å². The van der Waals surface area contributed by atoms with Crippen LogP contribution in [0.4, 0.5) is 0 Å². The van der Waals surface area contributed by atoms with Crippen molar-refractivity contribution in [2.45, 2.75) is 32.7 Å². The van der Waals surface area contributed by atoms with Crippen LogP contribution in [0.3, 0.4) is 0 Å². The first-order valence-corrected chi connectivity index (χ1v) is 7.33. The van der Waals surface area contributed by atoms with E-state index in [-0.39, 0.29) is 5.91 Å². The van der Waals surface area contributed by atoms with Gasteiger partial charge in [-0.2, -0.15) is 0 Å². The molecule has 1 aromatic rings. The van der Waals surface area contributed by atoms with Gasteiger partial charge in [0.2, 0.25) is 0 Å². The molecule has 20 heavy (non-hydrogen) atoms. The minimum absolute atomic E-state index is 0.109. The highest BCUT2D eigenvalue weighted by Gasteiger charge is 2.25. The highest BCUT2D eigenvalue weighted by Crippen LogP contribution is 2.22. The molecule has 0 bridgehead atoms. The van der Waals surface area contributed by atoms with Gasteiger partial charge in [0.25, 0.3) is 5.91 Å². The molecule has 0 aliphatic carbocycles. The lowest BCUT2D eigenvalue weighted by Crippen LogP contribution is -2.46. The number of nitrogens with one attached hydrogen (secondary N) is 1. The Kier molecular flexibility index (Phi) is 5.01. The first-order valence-electron chi connectivity index (χ1n) is 7.33. The minimum atomic E-state index is 0.109. The van der Waals surface area contributed by atoms with Crippen molar-refractivity contribution in [1.82, 2.24) is 10.2 Å². The van der Waals surface area contributed by atoms with Gasteiger partial charge in [-0.3, -0.25) is 4.79 Å². The van der Waals surface area contributed by atoms with Gasteiger partial charge >= 0.3 is 0 Å². The van der Waals surface area contributed by atoms with E-state index in [1.165, 1.54) is 0 Å². The molecule has 0 aromatic heterocycles. The number of aryl methyl sites for hydroxylation is 1. The molecule has 4 nitrogen and oxygen atoms in total. The number of carbonyl (C=O) groups excluding carboxylic acids is 1. The van der Waals surface area contributed by atoms with Crippen molar-refractivity contribution in [3.8, 4) is 5.75 Å². The van der Waals surface area contributed by atoms with Crippen LogP contribution < -0.4 is 10.1 Å². The largest absolute Gasteiger partial charge is 0.496 e. The fourth-order valence-electron chi connectivity index (χ4n) is 2.80. The molecule has 1 N–H and O–H groups in total. The average molecular weight is 276 g/mol. The number of ether oxygens (including phenoxy) is 1. The third-order valence-electron chi connectivity index (χ3n) is 4.01. The monoisotopic (exact) mass is 276 g/mol. The third kappa shape index (κ3) is 3.12. The second-order valence-electron chi connectivity index (χ2n) is 5.26. The van der Waals surface area contributed by atoms with Crippen molar-refractivity contribution in [3.63, 3.8) is 0 Å². The fraction of sp³-hybridized carbons (Fsp3) is 0.562. The molecule has 0 spiro atoms. The van der Waals surface area contributed by atoms with Gasteiger partial charge in [0.05, 0.1) is 7.11 Å². The number of rotatable bonds is 4. The number of carbonyl (C=O) groups is 1. The molecule has 0 saturated carbocycles. The van der Waals surface area contributed by atoms with Crippen LogP contribution in [-0.4, -0.2) is 43.6 Å². The molecular weight excluding hydrogens is 252 g/mol. The topological polar surface area (TPSA) is 41.6 Å². The number of methoxy groups -OCH3 is 1. The summed E-state index contributed by atoms with van der Waals surface area (Å²) in [6.07, 6.45) is 2.06. The van der Waals surface area contributed by atoms with Crippen molar-refractivity contribution in [3.05, 3.63) is 29.3 Å². The van der Waals surface area contributed by atoms with Gasteiger partial charge in [0, 0.05) is 18.2 Å². The third-order valence-corrected chi connectivity index (χ3v) is 4.01. The molecule has 0 unspecified atom stereocenters. The molecule has 1 saturated heterocycles. The summed E-state index contributed by atoms with van der Waals surface area (Å²) in [5, 5.41) is 3.34. The van der Waals surface area contributed by atoms with E-state index in [2.05, 4.69) is 5.32 Å². The normalized spacial score (nSPS) is 15.9. The molecule has 1 amide bonds. The second kappa shape index (κ2) is 6.75.